The van der Waals surface area contributed by atoms with Crippen LogP contribution < -0.4 is 11.1 Å². The van der Waals surface area contributed by atoms with Gasteiger partial charge in [-0.05, 0) is 45.2 Å². The monoisotopic (exact) mass is 232 g/mol. The van der Waals surface area contributed by atoms with Crippen molar-refractivity contribution in [1.82, 2.24) is 5.32 Å². The number of aryl methyl sites for hydroxylation is 2. The van der Waals surface area contributed by atoms with Gasteiger partial charge in [-0.25, -0.2) is 0 Å². The minimum absolute atomic E-state index is 0.0199. The normalized spacial score (nSPS) is 17.4. The summed E-state index contributed by atoms with van der Waals surface area (Å²) in [5.41, 5.74) is 8.87. The standard InChI is InChI=1S/C14H20N2O/c1-10-6-11(2)8-12(7-10)13(17)16-9-14(15)4-3-5-14/h6-8H,3-5,9,15H2,1-2H3,(H,16,17). The number of nitrogens with one attached hydrogen (secondary N) is 1. The molecule has 1 saturated carbocycles. The van der Waals surface area contributed by atoms with Crippen LogP contribution in [0.15, 0.2) is 18.2 Å². The fraction of sp³-hybridized carbons (Fsp3) is 0.500. The number of hydrogen-bond donors (Lipinski definition) is 2. The first-order valence-corrected chi connectivity index (χ1v) is 6.14. The summed E-state index contributed by atoms with van der Waals surface area (Å²) in [6.07, 6.45) is 3.20. The Balaban J connectivity index is 1.99. The average Bonchev–Trinajstić information content (AvgIpc) is 2.22. The van der Waals surface area contributed by atoms with E-state index in [1.165, 1.54) is 6.42 Å². The Bertz CT molecular complexity index is 416. The van der Waals surface area contributed by atoms with E-state index < -0.39 is 0 Å². The molecule has 3 N–H and O–H groups in total. The van der Waals surface area contributed by atoms with Gasteiger partial charge in [0.15, 0.2) is 0 Å². The summed E-state index contributed by atoms with van der Waals surface area (Å²) in [5.74, 6) is -0.0199. The van der Waals surface area contributed by atoms with Gasteiger partial charge < -0.3 is 11.1 Å². The van der Waals surface area contributed by atoms with E-state index in [-0.39, 0.29) is 11.4 Å². The van der Waals surface area contributed by atoms with E-state index in [2.05, 4.69) is 11.4 Å². The molecule has 17 heavy (non-hydrogen) atoms. The number of hydrogen-bond acceptors (Lipinski definition) is 2. The molecule has 0 bridgehead atoms. The van der Waals surface area contributed by atoms with Crippen molar-refractivity contribution in [1.29, 1.82) is 0 Å². The van der Waals surface area contributed by atoms with Crippen molar-refractivity contribution in [2.45, 2.75) is 38.6 Å². The van der Waals surface area contributed by atoms with Crippen molar-refractivity contribution in [2.75, 3.05) is 6.54 Å². The van der Waals surface area contributed by atoms with Crippen molar-refractivity contribution in [2.24, 2.45) is 5.73 Å². The van der Waals surface area contributed by atoms with E-state index in [4.69, 9.17) is 5.73 Å². The molecule has 3 heteroatoms. The number of benzene rings is 1. The topological polar surface area (TPSA) is 55.1 Å². The maximum atomic E-state index is 12.0. The molecule has 0 radical (unpaired) electrons. The number of carbonyl (C=O) groups excluding carboxylic acids is 1. The van der Waals surface area contributed by atoms with Crippen LogP contribution in [-0.2, 0) is 0 Å². The minimum atomic E-state index is -0.158. The molecule has 0 unspecified atom stereocenters. The average molecular weight is 232 g/mol. The van der Waals surface area contributed by atoms with Gasteiger partial charge in [0.05, 0.1) is 0 Å². The molecule has 1 amide bonds. The molecule has 1 fully saturated rings. The first-order chi connectivity index (χ1) is 7.98. The molecule has 2 rings (SSSR count). The number of nitrogens with two attached hydrogens (primary N) is 1. The van der Waals surface area contributed by atoms with Crippen molar-refractivity contribution in [3.8, 4) is 0 Å². The molecular weight excluding hydrogens is 212 g/mol. The summed E-state index contributed by atoms with van der Waals surface area (Å²) >= 11 is 0. The van der Waals surface area contributed by atoms with Gasteiger partial charge in [0.25, 0.3) is 5.91 Å². The molecule has 0 spiro atoms. The van der Waals surface area contributed by atoms with Crippen molar-refractivity contribution in [3.05, 3.63) is 34.9 Å². The Kier molecular flexibility index (Phi) is 3.20. The Morgan fingerprint density at radius 2 is 1.88 bits per heavy atom. The van der Waals surface area contributed by atoms with Crippen molar-refractivity contribution in [3.63, 3.8) is 0 Å². The van der Waals surface area contributed by atoms with Crippen LogP contribution in [0.5, 0.6) is 0 Å². The third kappa shape index (κ3) is 2.86. The lowest BCUT2D eigenvalue weighted by molar-refractivity contribution is 0.0929. The van der Waals surface area contributed by atoms with Gasteiger partial charge in [-0.2, -0.15) is 0 Å². The SMILES string of the molecule is Cc1cc(C)cc(C(=O)NCC2(N)CCC2)c1. The summed E-state index contributed by atoms with van der Waals surface area (Å²) in [7, 11) is 0. The van der Waals surface area contributed by atoms with Gasteiger partial charge in [-0.3, -0.25) is 4.79 Å². The van der Waals surface area contributed by atoms with Crippen LogP contribution in [0, 0.1) is 13.8 Å². The van der Waals surface area contributed by atoms with E-state index in [1.54, 1.807) is 0 Å². The molecular formula is C14H20N2O. The molecule has 92 valence electrons. The Hall–Kier alpha value is -1.35. The van der Waals surface area contributed by atoms with Gasteiger partial charge in [0.1, 0.15) is 0 Å². The Morgan fingerprint density at radius 1 is 1.29 bits per heavy atom. The molecule has 1 aromatic rings. The number of carbonyl (C=O) groups is 1. The largest absolute Gasteiger partial charge is 0.350 e. The smallest absolute Gasteiger partial charge is 0.251 e. The summed E-state index contributed by atoms with van der Waals surface area (Å²) in [4.78, 5) is 12.0. The van der Waals surface area contributed by atoms with Crippen molar-refractivity contribution >= 4 is 5.91 Å². The zero-order chi connectivity index (χ0) is 12.5. The number of amides is 1. The highest BCUT2D eigenvalue weighted by Crippen LogP contribution is 2.28. The summed E-state index contributed by atoms with van der Waals surface area (Å²) in [6, 6.07) is 5.88. The second-order valence-electron chi connectivity index (χ2n) is 5.27. The fourth-order valence-electron chi connectivity index (χ4n) is 2.27. The zero-order valence-electron chi connectivity index (χ0n) is 10.5. The maximum Gasteiger partial charge on any atom is 0.251 e. The van der Waals surface area contributed by atoms with Gasteiger partial charge in [0, 0.05) is 17.6 Å². The van der Waals surface area contributed by atoms with Crippen LogP contribution in [0.3, 0.4) is 0 Å². The minimum Gasteiger partial charge on any atom is -0.350 e. The van der Waals surface area contributed by atoms with Crippen LogP contribution in [0.2, 0.25) is 0 Å². The molecule has 0 aliphatic heterocycles. The van der Waals surface area contributed by atoms with Crippen LogP contribution in [0.25, 0.3) is 0 Å². The molecule has 3 nitrogen and oxygen atoms in total. The third-order valence-corrected chi connectivity index (χ3v) is 3.43. The van der Waals surface area contributed by atoms with Gasteiger partial charge in [0.2, 0.25) is 0 Å². The van der Waals surface area contributed by atoms with E-state index in [1.807, 2.05) is 26.0 Å². The molecule has 1 aromatic carbocycles. The quantitative estimate of drug-likeness (QED) is 0.836. The van der Waals surface area contributed by atoms with Gasteiger partial charge in [-0.1, -0.05) is 17.2 Å². The number of rotatable bonds is 3. The highest BCUT2D eigenvalue weighted by molar-refractivity contribution is 5.94. The Morgan fingerprint density at radius 3 is 2.35 bits per heavy atom. The lowest BCUT2D eigenvalue weighted by atomic mass is 9.78. The third-order valence-electron chi connectivity index (χ3n) is 3.43. The second kappa shape index (κ2) is 4.49. The lowest BCUT2D eigenvalue weighted by Gasteiger charge is -2.38. The van der Waals surface area contributed by atoms with E-state index in [9.17, 15) is 4.79 Å². The highest BCUT2D eigenvalue weighted by Gasteiger charge is 2.32. The van der Waals surface area contributed by atoms with Crippen LogP contribution >= 0.6 is 0 Å². The molecule has 0 saturated heterocycles. The predicted molar refractivity (Wildman–Crippen MR) is 69.0 cm³/mol. The first kappa shape index (κ1) is 12.1. The molecule has 0 aromatic heterocycles. The van der Waals surface area contributed by atoms with E-state index in [0.29, 0.717) is 6.54 Å². The van der Waals surface area contributed by atoms with Gasteiger partial charge >= 0.3 is 0 Å². The predicted octanol–water partition coefficient (Wildman–Crippen LogP) is 1.91. The van der Waals surface area contributed by atoms with E-state index >= 15 is 0 Å². The summed E-state index contributed by atoms with van der Waals surface area (Å²) < 4.78 is 0. The van der Waals surface area contributed by atoms with Crippen molar-refractivity contribution < 1.29 is 4.79 Å². The molecule has 1 aliphatic carbocycles. The summed E-state index contributed by atoms with van der Waals surface area (Å²) in [6.45, 7) is 4.58. The van der Waals surface area contributed by atoms with Crippen LogP contribution in [0.1, 0.15) is 40.7 Å². The van der Waals surface area contributed by atoms with E-state index in [0.717, 1.165) is 29.5 Å². The second-order valence-corrected chi connectivity index (χ2v) is 5.27. The fourth-order valence-corrected chi connectivity index (χ4v) is 2.27. The maximum absolute atomic E-state index is 12.0. The Labute approximate surface area is 102 Å². The van der Waals surface area contributed by atoms with Crippen LogP contribution in [0.4, 0.5) is 0 Å². The first-order valence-electron chi connectivity index (χ1n) is 6.14. The zero-order valence-corrected chi connectivity index (χ0v) is 10.5. The highest BCUT2D eigenvalue weighted by atomic mass is 16.1. The molecule has 0 heterocycles. The van der Waals surface area contributed by atoms with Gasteiger partial charge in [-0.15, -0.1) is 0 Å². The molecule has 0 atom stereocenters. The van der Waals surface area contributed by atoms with Crippen LogP contribution in [-0.4, -0.2) is 18.0 Å². The molecule has 1 aliphatic rings. The lowest BCUT2D eigenvalue weighted by Crippen LogP contribution is -2.54. The summed E-state index contributed by atoms with van der Waals surface area (Å²) in [5, 5.41) is 2.93.